The Labute approximate surface area is 158 Å². The van der Waals surface area contributed by atoms with Gasteiger partial charge in [-0.3, -0.25) is 4.72 Å². The first-order valence-corrected chi connectivity index (χ1v) is 9.70. The summed E-state index contributed by atoms with van der Waals surface area (Å²) in [5.41, 5.74) is 2.46. The largest absolute Gasteiger partial charge is 0.497 e. The zero-order valence-corrected chi connectivity index (χ0v) is 16.0. The zero-order valence-electron chi connectivity index (χ0n) is 15.2. The Morgan fingerprint density at radius 2 is 1.67 bits per heavy atom. The number of aromatic nitrogens is 2. The van der Waals surface area contributed by atoms with Crippen LogP contribution in [0, 0.1) is 13.8 Å². The summed E-state index contributed by atoms with van der Waals surface area (Å²) in [6.45, 7) is 3.67. The molecule has 1 heterocycles. The van der Waals surface area contributed by atoms with Gasteiger partial charge < -0.3 is 10.1 Å². The summed E-state index contributed by atoms with van der Waals surface area (Å²) >= 11 is 0. The van der Waals surface area contributed by atoms with Gasteiger partial charge in [0, 0.05) is 11.8 Å². The highest BCUT2D eigenvalue weighted by Gasteiger charge is 2.17. The third-order valence-electron chi connectivity index (χ3n) is 3.87. The molecule has 0 amide bonds. The first kappa shape index (κ1) is 18.7. The van der Waals surface area contributed by atoms with E-state index in [1.807, 2.05) is 37.3 Å². The lowest BCUT2D eigenvalue weighted by molar-refractivity contribution is 0.415. The van der Waals surface area contributed by atoms with E-state index in [4.69, 9.17) is 4.74 Å². The molecule has 0 aliphatic carbocycles. The third kappa shape index (κ3) is 4.53. The highest BCUT2D eigenvalue weighted by atomic mass is 32.2. The van der Waals surface area contributed by atoms with Crippen LogP contribution in [0.2, 0.25) is 0 Å². The molecule has 2 aromatic carbocycles. The second-order valence-corrected chi connectivity index (χ2v) is 7.69. The lowest BCUT2D eigenvalue weighted by Crippen LogP contribution is -2.15. The third-order valence-corrected chi connectivity index (χ3v) is 5.38. The summed E-state index contributed by atoms with van der Waals surface area (Å²) in [6, 6.07) is 15.7. The van der Waals surface area contributed by atoms with Crippen molar-refractivity contribution in [2.45, 2.75) is 18.7 Å². The van der Waals surface area contributed by atoms with E-state index >= 15 is 0 Å². The predicted molar refractivity (Wildman–Crippen MR) is 105 cm³/mol. The number of benzene rings is 2. The fourth-order valence-corrected chi connectivity index (χ4v) is 3.82. The molecule has 140 valence electrons. The van der Waals surface area contributed by atoms with Gasteiger partial charge in [-0.1, -0.05) is 23.8 Å². The van der Waals surface area contributed by atoms with Crippen LogP contribution in [0.1, 0.15) is 11.1 Å². The summed E-state index contributed by atoms with van der Waals surface area (Å²) in [7, 11) is -2.14. The Hall–Kier alpha value is -3.13. The van der Waals surface area contributed by atoms with E-state index in [1.165, 1.54) is 0 Å². The fraction of sp³-hybridized carbons (Fsp3) is 0.158. The van der Waals surface area contributed by atoms with Crippen LogP contribution in [0.3, 0.4) is 0 Å². The Kier molecular flexibility index (Phi) is 5.27. The van der Waals surface area contributed by atoms with Crippen molar-refractivity contribution in [3.05, 3.63) is 65.7 Å². The van der Waals surface area contributed by atoms with E-state index in [1.54, 1.807) is 38.3 Å². The molecule has 7 nitrogen and oxygen atoms in total. The van der Waals surface area contributed by atoms with Gasteiger partial charge in [0.25, 0.3) is 10.0 Å². The average Bonchev–Trinajstić information content (AvgIpc) is 2.63. The van der Waals surface area contributed by atoms with Crippen molar-refractivity contribution in [2.24, 2.45) is 0 Å². The molecule has 0 saturated carbocycles. The van der Waals surface area contributed by atoms with Gasteiger partial charge in [0.2, 0.25) is 0 Å². The van der Waals surface area contributed by atoms with Crippen LogP contribution in [-0.4, -0.2) is 25.7 Å². The van der Waals surface area contributed by atoms with Crippen LogP contribution >= 0.6 is 0 Å². The maximum atomic E-state index is 12.6. The van der Waals surface area contributed by atoms with E-state index in [0.717, 1.165) is 11.3 Å². The smallest absolute Gasteiger partial charge is 0.263 e. The van der Waals surface area contributed by atoms with Gasteiger partial charge in [0.05, 0.1) is 12.0 Å². The summed E-state index contributed by atoms with van der Waals surface area (Å²) in [4.78, 5) is 0.216. The number of ether oxygens (including phenoxy) is 1. The Balaban J connectivity index is 1.75. The number of hydrogen-bond acceptors (Lipinski definition) is 6. The molecule has 8 heteroatoms. The van der Waals surface area contributed by atoms with Crippen molar-refractivity contribution >= 4 is 27.3 Å². The maximum absolute atomic E-state index is 12.6. The Bertz CT molecular complexity index is 1050. The molecule has 0 saturated heterocycles. The monoisotopic (exact) mass is 384 g/mol. The SMILES string of the molecule is COc1cccc(Nc2ccc(NS(=O)(=O)c3ccc(C)cc3C)nn2)c1. The van der Waals surface area contributed by atoms with E-state index in [0.29, 0.717) is 17.1 Å². The summed E-state index contributed by atoms with van der Waals surface area (Å²) in [5, 5.41) is 11.0. The maximum Gasteiger partial charge on any atom is 0.263 e. The summed E-state index contributed by atoms with van der Waals surface area (Å²) in [6.07, 6.45) is 0. The minimum atomic E-state index is -3.73. The predicted octanol–water partition coefficient (Wildman–Crippen LogP) is 3.65. The van der Waals surface area contributed by atoms with Crippen LogP contribution in [0.5, 0.6) is 5.75 Å². The van der Waals surface area contributed by atoms with Gasteiger partial charge in [-0.15, -0.1) is 10.2 Å². The van der Waals surface area contributed by atoms with Crippen LogP contribution < -0.4 is 14.8 Å². The molecular weight excluding hydrogens is 364 g/mol. The molecule has 3 rings (SSSR count). The van der Waals surface area contributed by atoms with Crippen molar-refractivity contribution < 1.29 is 13.2 Å². The van der Waals surface area contributed by atoms with E-state index in [2.05, 4.69) is 20.2 Å². The summed E-state index contributed by atoms with van der Waals surface area (Å²) < 4.78 is 32.8. The van der Waals surface area contributed by atoms with Gasteiger partial charge in [-0.25, -0.2) is 8.42 Å². The molecule has 1 aromatic heterocycles. The number of nitrogens with zero attached hydrogens (tertiary/aromatic N) is 2. The Morgan fingerprint density at radius 1 is 0.926 bits per heavy atom. The highest BCUT2D eigenvalue weighted by molar-refractivity contribution is 7.92. The number of hydrogen-bond donors (Lipinski definition) is 2. The fourth-order valence-electron chi connectivity index (χ4n) is 2.60. The van der Waals surface area contributed by atoms with Gasteiger partial charge in [-0.05, 0) is 49.7 Å². The van der Waals surface area contributed by atoms with E-state index in [9.17, 15) is 8.42 Å². The molecule has 2 N–H and O–H groups in total. The minimum Gasteiger partial charge on any atom is -0.497 e. The zero-order chi connectivity index (χ0) is 19.4. The summed E-state index contributed by atoms with van der Waals surface area (Å²) in [5.74, 6) is 1.34. The van der Waals surface area contributed by atoms with Crippen molar-refractivity contribution in [3.63, 3.8) is 0 Å². The molecule has 0 radical (unpaired) electrons. The molecule has 3 aromatic rings. The van der Waals surface area contributed by atoms with Crippen molar-refractivity contribution in [3.8, 4) is 5.75 Å². The molecule has 0 spiro atoms. The molecule has 0 unspecified atom stereocenters. The van der Waals surface area contributed by atoms with Crippen LogP contribution in [-0.2, 0) is 10.0 Å². The highest BCUT2D eigenvalue weighted by Crippen LogP contribution is 2.22. The number of rotatable bonds is 6. The van der Waals surface area contributed by atoms with E-state index in [-0.39, 0.29) is 10.7 Å². The standard InChI is InChI=1S/C19H20N4O3S/c1-13-7-8-17(14(2)11-13)27(24,25)23-19-10-9-18(21-22-19)20-15-5-4-6-16(12-15)26-3/h4-12H,1-3H3,(H,20,21)(H,22,23). The first-order chi connectivity index (χ1) is 12.9. The van der Waals surface area contributed by atoms with Crippen molar-refractivity contribution in [1.82, 2.24) is 10.2 Å². The average molecular weight is 384 g/mol. The topological polar surface area (TPSA) is 93.2 Å². The minimum absolute atomic E-state index is 0.145. The number of anilines is 3. The van der Waals surface area contributed by atoms with Gasteiger partial charge in [-0.2, -0.15) is 0 Å². The van der Waals surface area contributed by atoms with Crippen molar-refractivity contribution in [1.29, 1.82) is 0 Å². The van der Waals surface area contributed by atoms with E-state index < -0.39 is 10.0 Å². The van der Waals surface area contributed by atoms with Gasteiger partial charge >= 0.3 is 0 Å². The molecule has 0 bridgehead atoms. The Morgan fingerprint density at radius 3 is 2.33 bits per heavy atom. The second-order valence-electron chi connectivity index (χ2n) is 6.04. The normalized spacial score (nSPS) is 11.1. The van der Waals surface area contributed by atoms with Crippen LogP contribution in [0.4, 0.5) is 17.3 Å². The molecular formula is C19H20N4O3S. The van der Waals surface area contributed by atoms with Gasteiger partial charge in [0.15, 0.2) is 11.6 Å². The van der Waals surface area contributed by atoms with Gasteiger partial charge in [0.1, 0.15) is 5.75 Å². The number of nitrogens with one attached hydrogen (secondary N) is 2. The molecule has 27 heavy (non-hydrogen) atoms. The lowest BCUT2D eigenvalue weighted by atomic mass is 10.2. The second kappa shape index (κ2) is 7.63. The van der Waals surface area contributed by atoms with Crippen LogP contribution in [0.25, 0.3) is 0 Å². The first-order valence-electron chi connectivity index (χ1n) is 8.22. The molecule has 0 atom stereocenters. The number of sulfonamides is 1. The molecule has 0 aliphatic rings. The molecule has 0 aliphatic heterocycles. The number of methoxy groups -OCH3 is 1. The number of aryl methyl sites for hydroxylation is 2. The van der Waals surface area contributed by atoms with Crippen LogP contribution in [0.15, 0.2) is 59.5 Å². The lowest BCUT2D eigenvalue weighted by Gasteiger charge is -2.11. The van der Waals surface area contributed by atoms with Crippen molar-refractivity contribution in [2.75, 3.05) is 17.1 Å². The molecule has 0 fully saturated rings. The quantitative estimate of drug-likeness (QED) is 0.674.